The molecule has 0 aliphatic rings. The molecule has 0 fully saturated rings. The zero-order valence-electron chi connectivity index (χ0n) is 11.3. The van der Waals surface area contributed by atoms with E-state index in [1.807, 2.05) is 0 Å². The average molecular weight is 305 g/mol. The summed E-state index contributed by atoms with van der Waals surface area (Å²) in [5.41, 5.74) is 6.66. The average Bonchev–Trinajstić information content (AvgIpc) is 2.37. The predicted octanol–water partition coefficient (Wildman–Crippen LogP) is 2.48. The molecule has 6 heteroatoms. The summed E-state index contributed by atoms with van der Waals surface area (Å²) in [6.45, 7) is 7.22. The Morgan fingerprint density at radius 2 is 2.00 bits per heavy atom. The molecule has 0 unspecified atom stereocenters. The molecule has 0 heterocycles. The van der Waals surface area contributed by atoms with E-state index in [0.717, 1.165) is 19.6 Å². The number of thiol groups is 1. The number of nitrogens with zero attached hydrogens (tertiary/aromatic N) is 1. The van der Waals surface area contributed by atoms with Crippen molar-refractivity contribution in [3.63, 3.8) is 0 Å². The van der Waals surface area contributed by atoms with Gasteiger partial charge in [-0.05, 0) is 31.3 Å². The molecule has 4 nitrogen and oxygen atoms in total. The number of benzene rings is 1. The van der Waals surface area contributed by atoms with Crippen molar-refractivity contribution >= 4 is 36.7 Å². The van der Waals surface area contributed by atoms with Gasteiger partial charge in [-0.3, -0.25) is 0 Å². The van der Waals surface area contributed by atoms with Gasteiger partial charge in [0.1, 0.15) is 6.61 Å². The number of halogens is 1. The maximum Gasteiger partial charge on any atom is 0.338 e. The lowest BCUT2D eigenvalue weighted by Crippen LogP contribution is -2.27. The Bertz CT molecular complexity index is 412. The molecule has 0 bridgehead atoms. The van der Waals surface area contributed by atoms with Crippen LogP contribution in [0.25, 0.3) is 0 Å². The highest BCUT2D eigenvalue weighted by Crippen LogP contribution is 2.18. The van der Waals surface area contributed by atoms with E-state index in [-0.39, 0.29) is 18.4 Å². The summed E-state index contributed by atoms with van der Waals surface area (Å²) in [5.74, 6) is -0.336. The van der Waals surface area contributed by atoms with Gasteiger partial charge in [0.15, 0.2) is 0 Å². The first kappa shape index (κ1) is 18.1. The maximum atomic E-state index is 11.8. The third-order valence-corrected chi connectivity index (χ3v) is 3.19. The largest absolute Gasteiger partial charge is 0.461 e. The highest BCUT2D eigenvalue weighted by molar-refractivity contribution is 7.80. The topological polar surface area (TPSA) is 55.6 Å². The van der Waals surface area contributed by atoms with Gasteiger partial charge in [-0.2, -0.15) is 0 Å². The lowest BCUT2D eigenvalue weighted by Gasteiger charge is -2.17. The Hall–Kier alpha value is -0.910. The summed E-state index contributed by atoms with van der Waals surface area (Å²) in [4.78, 5) is 14.5. The Morgan fingerprint density at radius 1 is 1.37 bits per heavy atom. The Morgan fingerprint density at radius 3 is 2.53 bits per heavy atom. The summed E-state index contributed by atoms with van der Waals surface area (Å²) in [5, 5.41) is 0. The van der Waals surface area contributed by atoms with Crippen LogP contribution < -0.4 is 5.73 Å². The monoisotopic (exact) mass is 304 g/mol. The van der Waals surface area contributed by atoms with Crippen LogP contribution in [0, 0.1) is 0 Å². The number of ether oxygens (including phenoxy) is 1. The number of nitrogen functional groups attached to an aromatic ring is 1. The first-order chi connectivity index (χ1) is 8.58. The van der Waals surface area contributed by atoms with Gasteiger partial charge in [0.05, 0.1) is 5.56 Å². The normalized spacial score (nSPS) is 10.1. The van der Waals surface area contributed by atoms with Crippen LogP contribution >= 0.6 is 25.0 Å². The smallest absolute Gasteiger partial charge is 0.338 e. The minimum atomic E-state index is -0.336. The van der Waals surface area contributed by atoms with Gasteiger partial charge in [-0.15, -0.1) is 25.0 Å². The summed E-state index contributed by atoms with van der Waals surface area (Å²) in [6.07, 6.45) is 0. The molecule has 0 aliphatic heterocycles. The number of esters is 1. The van der Waals surface area contributed by atoms with Crippen LogP contribution in [0.15, 0.2) is 23.1 Å². The molecule has 0 aromatic heterocycles. The molecular weight excluding hydrogens is 284 g/mol. The standard InChI is InChI=1S/C13H20N2O2S.ClH/c1-3-15(4-2)7-8-17-13(16)10-5-6-11(14)12(18)9-10;/h5-6,9,18H,3-4,7-8,14H2,1-2H3;1H. The van der Waals surface area contributed by atoms with E-state index in [2.05, 4.69) is 31.4 Å². The zero-order chi connectivity index (χ0) is 13.5. The van der Waals surface area contributed by atoms with Crippen molar-refractivity contribution in [2.75, 3.05) is 32.0 Å². The summed E-state index contributed by atoms with van der Waals surface area (Å²) in [7, 11) is 0. The number of anilines is 1. The quantitative estimate of drug-likeness (QED) is 0.482. The number of hydrogen-bond acceptors (Lipinski definition) is 5. The molecule has 0 saturated carbocycles. The molecule has 0 radical (unpaired) electrons. The van der Waals surface area contributed by atoms with E-state index in [9.17, 15) is 4.79 Å². The minimum absolute atomic E-state index is 0. The first-order valence-corrected chi connectivity index (χ1v) is 6.51. The van der Waals surface area contributed by atoms with Gasteiger partial charge < -0.3 is 15.4 Å². The fraction of sp³-hybridized carbons (Fsp3) is 0.462. The van der Waals surface area contributed by atoms with Crippen molar-refractivity contribution in [3.05, 3.63) is 23.8 Å². The molecule has 1 aromatic rings. The zero-order valence-corrected chi connectivity index (χ0v) is 13.0. The van der Waals surface area contributed by atoms with Gasteiger partial charge in [0.2, 0.25) is 0 Å². The summed E-state index contributed by atoms with van der Waals surface area (Å²) < 4.78 is 5.20. The molecule has 0 spiro atoms. The Labute approximate surface area is 126 Å². The fourth-order valence-corrected chi connectivity index (χ4v) is 1.77. The second kappa shape index (κ2) is 9.07. The molecule has 1 rings (SSSR count). The van der Waals surface area contributed by atoms with Gasteiger partial charge in [0.25, 0.3) is 0 Å². The number of carbonyl (C=O) groups is 1. The highest BCUT2D eigenvalue weighted by Gasteiger charge is 2.09. The van der Waals surface area contributed by atoms with E-state index < -0.39 is 0 Å². The van der Waals surface area contributed by atoms with Crippen molar-refractivity contribution in [1.29, 1.82) is 0 Å². The van der Waals surface area contributed by atoms with Gasteiger partial charge >= 0.3 is 5.97 Å². The minimum Gasteiger partial charge on any atom is -0.461 e. The summed E-state index contributed by atoms with van der Waals surface area (Å²) >= 11 is 4.18. The van der Waals surface area contributed by atoms with Crippen LogP contribution in [0.5, 0.6) is 0 Å². The molecule has 108 valence electrons. The van der Waals surface area contributed by atoms with Crippen LogP contribution in [0.1, 0.15) is 24.2 Å². The summed E-state index contributed by atoms with van der Waals surface area (Å²) in [6, 6.07) is 4.93. The third kappa shape index (κ3) is 5.72. The maximum absolute atomic E-state index is 11.8. The predicted molar refractivity (Wildman–Crippen MR) is 83.4 cm³/mol. The van der Waals surface area contributed by atoms with Crippen LogP contribution in [-0.4, -0.2) is 37.1 Å². The van der Waals surface area contributed by atoms with E-state index in [1.54, 1.807) is 18.2 Å². The Kier molecular flexibility index (Phi) is 8.63. The van der Waals surface area contributed by atoms with Crippen molar-refractivity contribution in [1.82, 2.24) is 4.90 Å². The van der Waals surface area contributed by atoms with Gasteiger partial charge in [-0.1, -0.05) is 13.8 Å². The fourth-order valence-electron chi connectivity index (χ4n) is 1.56. The SMILES string of the molecule is CCN(CC)CCOC(=O)c1ccc(N)c(S)c1.Cl. The van der Waals surface area contributed by atoms with E-state index >= 15 is 0 Å². The number of hydrogen-bond donors (Lipinski definition) is 2. The van der Waals surface area contributed by atoms with Gasteiger partial charge in [0, 0.05) is 17.1 Å². The van der Waals surface area contributed by atoms with Crippen molar-refractivity contribution in [3.8, 4) is 0 Å². The lowest BCUT2D eigenvalue weighted by molar-refractivity contribution is 0.0466. The van der Waals surface area contributed by atoms with Crippen molar-refractivity contribution in [2.45, 2.75) is 18.7 Å². The number of rotatable bonds is 6. The van der Waals surface area contributed by atoms with Crippen LogP contribution in [-0.2, 0) is 4.74 Å². The van der Waals surface area contributed by atoms with E-state index in [1.165, 1.54) is 0 Å². The second-order valence-electron chi connectivity index (χ2n) is 3.94. The van der Waals surface area contributed by atoms with E-state index in [0.29, 0.717) is 22.8 Å². The molecular formula is C13H21ClN2O2S. The number of likely N-dealkylation sites (N-methyl/N-ethyl adjacent to an activating group) is 1. The molecule has 19 heavy (non-hydrogen) atoms. The molecule has 0 amide bonds. The van der Waals surface area contributed by atoms with Gasteiger partial charge in [-0.25, -0.2) is 4.79 Å². The first-order valence-electron chi connectivity index (χ1n) is 6.06. The molecule has 0 aliphatic carbocycles. The number of carbonyl (C=O) groups excluding carboxylic acids is 1. The Balaban J connectivity index is 0.00000324. The second-order valence-corrected chi connectivity index (χ2v) is 4.42. The van der Waals surface area contributed by atoms with Crippen molar-refractivity contribution < 1.29 is 9.53 Å². The molecule has 2 N–H and O–H groups in total. The highest BCUT2D eigenvalue weighted by atomic mass is 35.5. The molecule has 1 aromatic carbocycles. The lowest BCUT2D eigenvalue weighted by atomic mass is 10.2. The molecule has 0 saturated heterocycles. The number of nitrogens with two attached hydrogens (primary N) is 1. The van der Waals surface area contributed by atoms with Crippen LogP contribution in [0.3, 0.4) is 0 Å². The van der Waals surface area contributed by atoms with E-state index in [4.69, 9.17) is 10.5 Å². The van der Waals surface area contributed by atoms with Crippen LogP contribution in [0.2, 0.25) is 0 Å². The molecule has 0 atom stereocenters. The van der Waals surface area contributed by atoms with Crippen molar-refractivity contribution in [2.24, 2.45) is 0 Å². The third-order valence-electron chi connectivity index (χ3n) is 2.80. The van der Waals surface area contributed by atoms with Crippen LogP contribution in [0.4, 0.5) is 5.69 Å².